The van der Waals surface area contributed by atoms with Crippen molar-refractivity contribution < 1.29 is 28.9 Å². The van der Waals surface area contributed by atoms with E-state index in [-0.39, 0.29) is 11.6 Å². The van der Waals surface area contributed by atoms with E-state index in [0.29, 0.717) is 29.4 Å². The molecule has 1 atom stereocenters. The molecule has 1 fully saturated rings. The minimum absolute atomic E-state index is 0.252. The van der Waals surface area contributed by atoms with Crippen molar-refractivity contribution in [2.24, 2.45) is 10.2 Å². The van der Waals surface area contributed by atoms with Crippen LogP contribution in [0, 0.1) is 0 Å². The first-order valence-corrected chi connectivity index (χ1v) is 8.55. The molecule has 0 aromatic heterocycles. The fourth-order valence-corrected chi connectivity index (χ4v) is 3.07. The Labute approximate surface area is 154 Å². The van der Waals surface area contributed by atoms with Gasteiger partial charge in [0, 0.05) is 5.56 Å². The van der Waals surface area contributed by atoms with Crippen LogP contribution in [0.3, 0.4) is 0 Å². The smallest absolute Gasteiger partial charge is 0.305 e. The summed E-state index contributed by atoms with van der Waals surface area (Å²) in [4.78, 5) is 22.3. The summed E-state index contributed by atoms with van der Waals surface area (Å²) in [5.74, 6) is 0.0403. The number of carboxylic acid groups (broad SMARTS) is 1. The van der Waals surface area contributed by atoms with Crippen molar-refractivity contribution in [2.75, 3.05) is 20.8 Å². The first-order chi connectivity index (χ1) is 12.5. The van der Waals surface area contributed by atoms with E-state index < -0.39 is 17.1 Å². The second-order valence-corrected chi connectivity index (χ2v) is 6.22. The first kappa shape index (κ1) is 19.6. The van der Waals surface area contributed by atoms with Crippen LogP contribution in [0.1, 0.15) is 18.9 Å². The number of benzene rings is 1. The molecular formula is C16H19N3O6S. The number of amidine groups is 1. The Morgan fingerprint density at radius 2 is 2.00 bits per heavy atom. The molecule has 1 aliphatic heterocycles. The van der Waals surface area contributed by atoms with Gasteiger partial charge in [0.05, 0.1) is 33.5 Å². The number of carbonyl (C=O) groups is 2. The lowest BCUT2D eigenvalue weighted by Crippen LogP contribution is -2.26. The highest BCUT2D eigenvalue weighted by Crippen LogP contribution is 2.38. The molecule has 1 amide bonds. The standard InChI is InChI=1S/C16H19N3O6S/c1-4-25-14-10(23-2)5-9(6-11(14)24-3)8-17-19-16-18-15(22)12(26-16)7-13(20)21/h5-6,8,12H,4,7H2,1-3H3,(H,20,21)(H,18,19,22). The van der Waals surface area contributed by atoms with E-state index in [2.05, 4.69) is 15.5 Å². The molecule has 0 aliphatic carbocycles. The Kier molecular flexibility index (Phi) is 6.84. The van der Waals surface area contributed by atoms with Crippen molar-refractivity contribution in [2.45, 2.75) is 18.6 Å². The maximum absolute atomic E-state index is 11.6. The molecule has 1 aliphatic rings. The number of carboxylic acids is 1. The molecule has 1 aromatic rings. The predicted octanol–water partition coefficient (Wildman–Crippen LogP) is 1.50. The highest BCUT2D eigenvalue weighted by Gasteiger charge is 2.32. The van der Waals surface area contributed by atoms with Crippen LogP contribution < -0.4 is 19.5 Å². The monoisotopic (exact) mass is 381 g/mol. The van der Waals surface area contributed by atoms with Gasteiger partial charge in [0.2, 0.25) is 11.7 Å². The van der Waals surface area contributed by atoms with E-state index in [1.165, 1.54) is 20.4 Å². The topological polar surface area (TPSA) is 119 Å². The van der Waals surface area contributed by atoms with Gasteiger partial charge in [-0.25, -0.2) is 0 Å². The van der Waals surface area contributed by atoms with Gasteiger partial charge >= 0.3 is 5.97 Å². The maximum atomic E-state index is 11.6. The molecule has 26 heavy (non-hydrogen) atoms. The van der Waals surface area contributed by atoms with Gasteiger partial charge in [-0.1, -0.05) is 11.8 Å². The number of hydrogen-bond acceptors (Lipinski definition) is 8. The largest absolute Gasteiger partial charge is 0.493 e. The summed E-state index contributed by atoms with van der Waals surface area (Å²) in [6.07, 6.45) is 1.19. The van der Waals surface area contributed by atoms with Gasteiger partial charge < -0.3 is 24.6 Å². The minimum Gasteiger partial charge on any atom is -0.493 e. The quantitative estimate of drug-likeness (QED) is 0.517. The number of aliphatic carboxylic acids is 1. The molecular weight excluding hydrogens is 362 g/mol. The van der Waals surface area contributed by atoms with Crippen LogP contribution in [-0.4, -0.2) is 54.4 Å². The van der Waals surface area contributed by atoms with Crippen LogP contribution in [0.15, 0.2) is 22.3 Å². The summed E-state index contributed by atoms with van der Waals surface area (Å²) < 4.78 is 16.1. The molecule has 0 saturated carbocycles. The molecule has 1 saturated heterocycles. The summed E-state index contributed by atoms with van der Waals surface area (Å²) in [5, 5.41) is 18.6. The summed E-state index contributed by atoms with van der Waals surface area (Å²) in [7, 11) is 3.04. The highest BCUT2D eigenvalue weighted by atomic mass is 32.2. The average Bonchev–Trinajstić information content (AvgIpc) is 2.94. The molecule has 9 nitrogen and oxygen atoms in total. The molecule has 2 N–H and O–H groups in total. The molecule has 1 unspecified atom stereocenters. The highest BCUT2D eigenvalue weighted by molar-refractivity contribution is 8.15. The molecule has 140 valence electrons. The number of ether oxygens (including phenoxy) is 3. The number of amides is 1. The number of thioether (sulfide) groups is 1. The van der Waals surface area contributed by atoms with Crippen molar-refractivity contribution in [3.05, 3.63) is 17.7 Å². The average molecular weight is 381 g/mol. The Balaban J connectivity index is 2.15. The van der Waals surface area contributed by atoms with E-state index in [4.69, 9.17) is 19.3 Å². The molecule has 1 heterocycles. The summed E-state index contributed by atoms with van der Waals surface area (Å²) >= 11 is 1.03. The van der Waals surface area contributed by atoms with Gasteiger partial charge in [0.25, 0.3) is 0 Å². The van der Waals surface area contributed by atoms with Crippen LogP contribution in [0.25, 0.3) is 0 Å². The summed E-state index contributed by atoms with van der Waals surface area (Å²) in [6, 6.07) is 3.43. The number of nitrogens with one attached hydrogen (secondary N) is 1. The molecule has 2 rings (SSSR count). The van der Waals surface area contributed by atoms with Gasteiger partial charge in [-0.15, -0.1) is 5.10 Å². The Hall–Kier alpha value is -2.75. The lowest BCUT2D eigenvalue weighted by Gasteiger charge is -2.13. The van der Waals surface area contributed by atoms with E-state index >= 15 is 0 Å². The van der Waals surface area contributed by atoms with Gasteiger partial charge in [-0.2, -0.15) is 5.10 Å². The normalized spacial score (nSPS) is 18.2. The zero-order valence-corrected chi connectivity index (χ0v) is 15.3. The van der Waals surface area contributed by atoms with Crippen LogP contribution in [0.4, 0.5) is 0 Å². The fraction of sp³-hybridized carbons (Fsp3) is 0.375. The second kappa shape index (κ2) is 9.09. The molecule has 1 aromatic carbocycles. The Morgan fingerprint density at radius 3 is 2.54 bits per heavy atom. The third-order valence-corrected chi connectivity index (χ3v) is 4.34. The van der Waals surface area contributed by atoms with E-state index in [1.807, 2.05) is 6.92 Å². The third-order valence-electron chi connectivity index (χ3n) is 3.26. The van der Waals surface area contributed by atoms with Crippen molar-refractivity contribution >= 4 is 35.0 Å². The van der Waals surface area contributed by atoms with E-state index in [9.17, 15) is 9.59 Å². The number of methoxy groups -OCH3 is 2. The Morgan fingerprint density at radius 1 is 1.35 bits per heavy atom. The molecule has 0 radical (unpaired) electrons. The SMILES string of the molecule is CCOc1c(OC)cc(C=NN=C2NC(=O)C(CC(=O)O)S2)cc1OC. The van der Waals surface area contributed by atoms with Crippen molar-refractivity contribution in [3.63, 3.8) is 0 Å². The van der Waals surface area contributed by atoms with Gasteiger partial charge in [0.1, 0.15) is 5.25 Å². The lowest BCUT2D eigenvalue weighted by molar-refractivity contribution is -0.138. The van der Waals surface area contributed by atoms with Crippen LogP contribution in [0.5, 0.6) is 17.2 Å². The van der Waals surface area contributed by atoms with Crippen molar-refractivity contribution in [3.8, 4) is 17.2 Å². The maximum Gasteiger partial charge on any atom is 0.305 e. The predicted molar refractivity (Wildman–Crippen MR) is 97.5 cm³/mol. The van der Waals surface area contributed by atoms with E-state index in [1.54, 1.807) is 12.1 Å². The number of carbonyl (C=O) groups excluding carboxylic acids is 1. The van der Waals surface area contributed by atoms with Crippen LogP contribution >= 0.6 is 11.8 Å². The molecule has 10 heteroatoms. The van der Waals surface area contributed by atoms with Gasteiger partial charge in [-0.3, -0.25) is 9.59 Å². The number of nitrogens with zero attached hydrogens (tertiary/aromatic N) is 2. The number of hydrogen-bond donors (Lipinski definition) is 2. The molecule has 0 spiro atoms. The Bertz CT molecular complexity index is 724. The zero-order chi connectivity index (χ0) is 19.1. The number of rotatable bonds is 8. The van der Waals surface area contributed by atoms with Crippen molar-refractivity contribution in [1.29, 1.82) is 0 Å². The van der Waals surface area contributed by atoms with Crippen LogP contribution in [0.2, 0.25) is 0 Å². The minimum atomic E-state index is -1.05. The fourth-order valence-electron chi connectivity index (χ4n) is 2.15. The zero-order valence-electron chi connectivity index (χ0n) is 14.5. The lowest BCUT2D eigenvalue weighted by atomic mass is 10.2. The molecule has 0 bridgehead atoms. The second-order valence-electron chi connectivity index (χ2n) is 5.03. The van der Waals surface area contributed by atoms with Crippen molar-refractivity contribution in [1.82, 2.24) is 5.32 Å². The summed E-state index contributed by atoms with van der Waals surface area (Å²) in [5.41, 5.74) is 0.655. The van der Waals surface area contributed by atoms with Crippen LogP contribution in [-0.2, 0) is 9.59 Å². The van der Waals surface area contributed by atoms with Gasteiger partial charge in [-0.05, 0) is 19.1 Å². The summed E-state index contributed by atoms with van der Waals surface area (Å²) in [6.45, 7) is 2.32. The third kappa shape index (κ3) is 4.88. The van der Waals surface area contributed by atoms with E-state index in [0.717, 1.165) is 11.8 Å². The van der Waals surface area contributed by atoms with Gasteiger partial charge in [0.15, 0.2) is 16.7 Å². The first-order valence-electron chi connectivity index (χ1n) is 7.67.